The van der Waals surface area contributed by atoms with E-state index in [1.54, 1.807) is 14.2 Å². The minimum Gasteiger partial charge on any atom is -0.497 e. The minimum absolute atomic E-state index is 0.421. The molecular weight excluding hydrogens is 402 g/mol. The number of fused-ring (bicyclic) bond motifs is 2. The zero-order chi connectivity index (χ0) is 22.1. The van der Waals surface area contributed by atoms with Crippen LogP contribution in [0.2, 0.25) is 0 Å². The quantitative estimate of drug-likeness (QED) is 0.439. The average Bonchev–Trinajstić information content (AvgIpc) is 3.26. The number of ether oxygens (including phenoxy) is 2. The highest BCUT2D eigenvalue weighted by Gasteiger charge is 2.24. The second kappa shape index (κ2) is 8.71. The standard InChI is InChI=1S/C26H29N3O3/c1-18(14-20-17-32-26-22(20)7-4-8-24(26)31-3)28-10-12-29(13-11-28)23-16-21(30-2)15-19-6-5-9-27-25(19)23/h4-9,15-18H,10-14H2,1-3H3. The first-order valence-electron chi connectivity index (χ1n) is 11.1. The van der Waals surface area contributed by atoms with Gasteiger partial charge in [0.25, 0.3) is 0 Å². The summed E-state index contributed by atoms with van der Waals surface area (Å²) in [6.45, 7) is 6.24. The Hall–Kier alpha value is -3.25. The van der Waals surface area contributed by atoms with Crippen molar-refractivity contribution in [3.63, 3.8) is 0 Å². The van der Waals surface area contributed by atoms with Crippen LogP contribution in [0.5, 0.6) is 11.5 Å². The summed E-state index contributed by atoms with van der Waals surface area (Å²) in [5.74, 6) is 1.66. The monoisotopic (exact) mass is 431 g/mol. The fourth-order valence-corrected chi connectivity index (χ4v) is 4.76. The molecule has 1 fully saturated rings. The molecule has 0 amide bonds. The number of furan rings is 1. The van der Waals surface area contributed by atoms with Crippen molar-refractivity contribution in [2.45, 2.75) is 19.4 Å². The van der Waals surface area contributed by atoms with Crippen molar-refractivity contribution in [2.24, 2.45) is 0 Å². The average molecular weight is 432 g/mol. The number of para-hydroxylation sites is 1. The molecule has 1 saturated heterocycles. The first kappa shape index (κ1) is 20.6. The van der Waals surface area contributed by atoms with Gasteiger partial charge in [0.1, 0.15) is 5.75 Å². The summed E-state index contributed by atoms with van der Waals surface area (Å²) in [5.41, 5.74) is 4.25. The van der Waals surface area contributed by atoms with E-state index in [-0.39, 0.29) is 0 Å². The lowest BCUT2D eigenvalue weighted by molar-refractivity contribution is 0.196. The van der Waals surface area contributed by atoms with Crippen LogP contribution in [-0.2, 0) is 6.42 Å². The number of rotatable bonds is 6. The van der Waals surface area contributed by atoms with Gasteiger partial charge in [-0.2, -0.15) is 0 Å². The van der Waals surface area contributed by atoms with Gasteiger partial charge in [0, 0.05) is 55.3 Å². The van der Waals surface area contributed by atoms with Gasteiger partial charge in [-0.1, -0.05) is 18.2 Å². The predicted molar refractivity (Wildman–Crippen MR) is 128 cm³/mol. The Morgan fingerprint density at radius 1 is 1.03 bits per heavy atom. The van der Waals surface area contributed by atoms with Gasteiger partial charge in [-0.15, -0.1) is 0 Å². The Kier molecular flexibility index (Phi) is 5.62. The van der Waals surface area contributed by atoms with Crippen molar-refractivity contribution >= 4 is 27.6 Å². The third kappa shape index (κ3) is 3.75. The van der Waals surface area contributed by atoms with Gasteiger partial charge in [0.05, 0.1) is 31.7 Å². The van der Waals surface area contributed by atoms with E-state index in [0.717, 1.165) is 71.7 Å². The molecule has 6 heteroatoms. The molecule has 6 nitrogen and oxygen atoms in total. The zero-order valence-electron chi connectivity index (χ0n) is 18.9. The van der Waals surface area contributed by atoms with Crippen molar-refractivity contribution in [3.05, 3.63) is 60.5 Å². The molecule has 1 unspecified atom stereocenters. The van der Waals surface area contributed by atoms with E-state index in [1.165, 1.54) is 5.56 Å². The van der Waals surface area contributed by atoms with Crippen LogP contribution >= 0.6 is 0 Å². The van der Waals surface area contributed by atoms with Crippen LogP contribution in [0.25, 0.3) is 21.9 Å². The number of methoxy groups -OCH3 is 2. The summed E-state index contributed by atoms with van der Waals surface area (Å²) in [6, 6.07) is 14.7. The number of hydrogen-bond acceptors (Lipinski definition) is 6. The Morgan fingerprint density at radius 3 is 2.66 bits per heavy atom. The van der Waals surface area contributed by atoms with Crippen LogP contribution in [0.3, 0.4) is 0 Å². The van der Waals surface area contributed by atoms with E-state index in [2.05, 4.69) is 39.9 Å². The maximum atomic E-state index is 5.83. The Labute approximate surface area is 188 Å². The number of aromatic nitrogens is 1. The van der Waals surface area contributed by atoms with Crippen molar-refractivity contribution < 1.29 is 13.9 Å². The van der Waals surface area contributed by atoms with Gasteiger partial charge in [-0.25, -0.2) is 0 Å². The normalized spacial score (nSPS) is 15.9. The van der Waals surface area contributed by atoms with Gasteiger partial charge in [-0.3, -0.25) is 9.88 Å². The second-order valence-corrected chi connectivity index (χ2v) is 8.40. The van der Waals surface area contributed by atoms with E-state index in [4.69, 9.17) is 13.9 Å². The van der Waals surface area contributed by atoms with Crippen LogP contribution in [0.1, 0.15) is 12.5 Å². The summed E-state index contributed by atoms with van der Waals surface area (Å²) in [6.07, 6.45) is 4.69. The lowest BCUT2D eigenvalue weighted by Gasteiger charge is -2.39. The molecule has 4 aromatic rings. The Bertz CT molecular complexity index is 1230. The van der Waals surface area contributed by atoms with Crippen LogP contribution in [0, 0.1) is 0 Å². The van der Waals surface area contributed by atoms with Crippen molar-refractivity contribution in [3.8, 4) is 11.5 Å². The SMILES string of the molecule is COc1cc(N2CCN(C(C)Cc3coc4c(OC)cccc34)CC2)c2ncccc2c1. The number of pyridine rings is 1. The van der Waals surface area contributed by atoms with Gasteiger partial charge < -0.3 is 18.8 Å². The number of piperazine rings is 1. The van der Waals surface area contributed by atoms with E-state index in [0.29, 0.717) is 6.04 Å². The molecule has 0 N–H and O–H groups in total. The molecule has 0 spiro atoms. The summed E-state index contributed by atoms with van der Waals surface area (Å²) in [7, 11) is 3.40. The fraction of sp³-hybridized carbons (Fsp3) is 0.346. The number of anilines is 1. The van der Waals surface area contributed by atoms with Gasteiger partial charge in [0.2, 0.25) is 0 Å². The highest BCUT2D eigenvalue weighted by molar-refractivity contribution is 5.92. The summed E-state index contributed by atoms with van der Waals surface area (Å²) >= 11 is 0. The Morgan fingerprint density at radius 2 is 1.88 bits per heavy atom. The summed E-state index contributed by atoms with van der Waals surface area (Å²) in [4.78, 5) is 9.64. The number of benzene rings is 2. The fourth-order valence-electron chi connectivity index (χ4n) is 4.76. The lowest BCUT2D eigenvalue weighted by Crippen LogP contribution is -2.50. The van der Waals surface area contributed by atoms with Crippen LogP contribution in [0.15, 0.2) is 59.3 Å². The van der Waals surface area contributed by atoms with Gasteiger partial charge in [0.15, 0.2) is 11.3 Å². The largest absolute Gasteiger partial charge is 0.497 e. The Balaban J connectivity index is 1.30. The molecular formula is C26H29N3O3. The molecule has 0 saturated carbocycles. The molecule has 5 rings (SSSR count). The summed E-state index contributed by atoms with van der Waals surface area (Å²) < 4.78 is 16.8. The van der Waals surface area contributed by atoms with E-state index in [9.17, 15) is 0 Å². The predicted octanol–water partition coefficient (Wildman–Crippen LogP) is 4.75. The first-order valence-corrected chi connectivity index (χ1v) is 11.1. The second-order valence-electron chi connectivity index (χ2n) is 8.40. The van der Waals surface area contributed by atoms with E-state index in [1.807, 2.05) is 36.7 Å². The van der Waals surface area contributed by atoms with Crippen LogP contribution in [0.4, 0.5) is 5.69 Å². The molecule has 1 aliphatic heterocycles. The molecule has 2 aromatic carbocycles. The molecule has 0 radical (unpaired) electrons. The molecule has 0 bridgehead atoms. The molecule has 3 heterocycles. The maximum absolute atomic E-state index is 5.83. The third-order valence-corrected chi connectivity index (χ3v) is 6.55. The van der Waals surface area contributed by atoms with E-state index < -0.39 is 0 Å². The molecule has 0 aliphatic carbocycles. The minimum atomic E-state index is 0.421. The molecule has 2 aromatic heterocycles. The molecule has 166 valence electrons. The summed E-state index contributed by atoms with van der Waals surface area (Å²) in [5, 5.41) is 2.25. The topological polar surface area (TPSA) is 51.0 Å². The number of nitrogens with zero attached hydrogens (tertiary/aromatic N) is 3. The van der Waals surface area contributed by atoms with Gasteiger partial charge in [-0.05, 0) is 37.1 Å². The highest BCUT2D eigenvalue weighted by Crippen LogP contribution is 2.33. The molecule has 32 heavy (non-hydrogen) atoms. The highest BCUT2D eigenvalue weighted by atomic mass is 16.5. The van der Waals surface area contributed by atoms with Crippen molar-refractivity contribution in [1.29, 1.82) is 0 Å². The van der Waals surface area contributed by atoms with Crippen LogP contribution in [-0.4, -0.2) is 56.3 Å². The van der Waals surface area contributed by atoms with Gasteiger partial charge >= 0.3 is 0 Å². The third-order valence-electron chi connectivity index (χ3n) is 6.55. The first-order chi connectivity index (χ1) is 15.7. The zero-order valence-corrected chi connectivity index (χ0v) is 18.9. The van der Waals surface area contributed by atoms with Crippen molar-refractivity contribution in [1.82, 2.24) is 9.88 Å². The maximum Gasteiger partial charge on any atom is 0.175 e. The molecule has 1 atom stereocenters. The number of hydrogen-bond donors (Lipinski definition) is 0. The smallest absolute Gasteiger partial charge is 0.175 e. The van der Waals surface area contributed by atoms with Crippen LogP contribution < -0.4 is 14.4 Å². The lowest BCUT2D eigenvalue weighted by atomic mass is 10.0. The molecule has 1 aliphatic rings. The van der Waals surface area contributed by atoms with E-state index >= 15 is 0 Å². The van der Waals surface area contributed by atoms with Crippen molar-refractivity contribution in [2.75, 3.05) is 45.3 Å².